The molecule has 0 atom stereocenters. The molecular formula is C14H16N2O2. The molecule has 94 valence electrons. The van der Waals surface area contributed by atoms with Crippen LogP contribution in [0.1, 0.15) is 31.2 Å². The van der Waals surface area contributed by atoms with Gasteiger partial charge in [0, 0.05) is 12.6 Å². The first-order chi connectivity index (χ1) is 8.77. The van der Waals surface area contributed by atoms with E-state index in [0.717, 1.165) is 24.1 Å². The van der Waals surface area contributed by atoms with E-state index < -0.39 is 0 Å². The fourth-order valence-corrected chi connectivity index (χ4v) is 2.56. The highest BCUT2D eigenvalue weighted by Gasteiger charge is 2.32. The van der Waals surface area contributed by atoms with Crippen LogP contribution in [0, 0.1) is 0 Å². The summed E-state index contributed by atoms with van der Waals surface area (Å²) in [5.41, 5.74) is 2.19. The molecule has 4 nitrogen and oxygen atoms in total. The van der Waals surface area contributed by atoms with Crippen molar-refractivity contribution in [3.05, 3.63) is 29.8 Å². The van der Waals surface area contributed by atoms with Gasteiger partial charge in [-0.15, -0.1) is 0 Å². The van der Waals surface area contributed by atoms with Gasteiger partial charge in [0.15, 0.2) is 5.71 Å². The van der Waals surface area contributed by atoms with Crippen molar-refractivity contribution < 1.29 is 9.63 Å². The Balaban J connectivity index is 1.87. The number of carbonyl (C=O) groups is 1. The van der Waals surface area contributed by atoms with Gasteiger partial charge in [-0.3, -0.25) is 4.79 Å². The van der Waals surface area contributed by atoms with Crippen molar-refractivity contribution in [3.8, 4) is 0 Å². The third kappa shape index (κ3) is 1.78. The van der Waals surface area contributed by atoms with E-state index >= 15 is 0 Å². The lowest BCUT2D eigenvalue weighted by Gasteiger charge is -2.08. The average molecular weight is 244 g/mol. The number of rotatable bonds is 2. The molecule has 1 heterocycles. The minimum atomic E-state index is -0.0887. The molecule has 0 radical (unpaired) electrons. The van der Waals surface area contributed by atoms with Crippen molar-refractivity contribution in [1.82, 2.24) is 0 Å². The third-order valence-electron chi connectivity index (χ3n) is 3.62. The van der Waals surface area contributed by atoms with Crippen molar-refractivity contribution >= 4 is 17.3 Å². The maximum Gasteiger partial charge on any atom is 0.280 e. The zero-order valence-electron chi connectivity index (χ0n) is 10.4. The number of fused-ring (bicyclic) bond motifs is 1. The van der Waals surface area contributed by atoms with Gasteiger partial charge in [-0.1, -0.05) is 23.4 Å². The molecule has 1 aromatic rings. The van der Waals surface area contributed by atoms with E-state index in [2.05, 4.69) is 5.16 Å². The van der Waals surface area contributed by atoms with Crippen LogP contribution in [0.2, 0.25) is 0 Å². The van der Waals surface area contributed by atoms with E-state index in [9.17, 15) is 4.79 Å². The third-order valence-corrected chi connectivity index (χ3v) is 3.62. The lowest BCUT2D eigenvalue weighted by atomic mass is 10.1. The van der Waals surface area contributed by atoms with Crippen molar-refractivity contribution in [2.45, 2.75) is 31.8 Å². The van der Waals surface area contributed by atoms with Gasteiger partial charge in [0.25, 0.3) is 5.91 Å². The molecule has 0 N–H and O–H groups in total. The van der Waals surface area contributed by atoms with Gasteiger partial charge in [-0.2, -0.15) is 0 Å². The predicted molar refractivity (Wildman–Crippen MR) is 69.7 cm³/mol. The number of hydrogen-bond donors (Lipinski definition) is 0. The molecule has 1 saturated carbocycles. The van der Waals surface area contributed by atoms with Crippen molar-refractivity contribution in [3.63, 3.8) is 0 Å². The molecule has 1 aliphatic heterocycles. The Kier molecular flexibility index (Phi) is 2.78. The summed E-state index contributed by atoms with van der Waals surface area (Å²) in [6.45, 7) is 0. The van der Waals surface area contributed by atoms with E-state index in [4.69, 9.17) is 4.84 Å². The molecule has 0 aromatic heterocycles. The molecule has 2 aliphatic rings. The van der Waals surface area contributed by atoms with Crippen LogP contribution in [-0.2, 0) is 9.63 Å². The Hall–Kier alpha value is -1.84. The summed E-state index contributed by atoms with van der Waals surface area (Å²) in [6, 6.07) is 7.67. The molecule has 1 aliphatic carbocycles. The van der Waals surface area contributed by atoms with E-state index in [0.29, 0.717) is 5.71 Å². The number of nitrogens with zero attached hydrogens (tertiary/aromatic N) is 2. The fraction of sp³-hybridized carbons (Fsp3) is 0.429. The number of hydrogen-bond acceptors (Lipinski definition) is 3. The topological polar surface area (TPSA) is 41.9 Å². The highest BCUT2D eigenvalue weighted by molar-refractivity contribution is 6.54. The van der Waals surface area contributed by atoms with Crippen LogP contribution >= 0.6 is 0 Å². The number of carbonyl (C=O) groups excluding carboxylic acids is 1. The van der Waals surface area contributed by atoms with Crippen LogP contribution in [0.5, 0.6) is 0 Å². The Bertz CT molecular complexity index is 504. The second-order valence-corrected chi connectivity index (χ2v) is 4.83. The number of oxime groups is 1. The molecule has 1 fully saturated rings. The highest BCUT2D eigenvalue weighted by Crippen LogP contribution is 2.28. The van der Waals surface area contributed by atoms with Gasteiger partial charge in [0.1, 0.15) is 6.10 Å². The lowest BCUT2D eigenvalue weighted by molar-refractivity contribution is -0.112. The second-order valence-electron chi connectivity index (χ2n) is 4.83. The normalized spacial score (nSPS) is 21.7. The summed E-state index contributed by atoms with van der Waals surface area (Å²) in [7, 11) is 1.76. The van der Waals surface area contributed by atoms with Gasteiger partial charge in [0.05, 0.1) is 5.69 Å². The molecule has 0 unspecified atom stereocenters. The first-order valence-corrected chi connectivity index (χ1v) is 6.38. The molecule has 1 aromatic carbocycles. The number of amides is 1. The van der Waals surface area contributed by atoms with Gasteiger partial charge in [0.2, 0.25) is 0 Å². The minimum Gasteiger partial charge on any atom is -0.392 e. The van der Waals surface area contributed by atoms with Gasteiger partial charge < -0.3 is 9.74 Å². The predicted octanol–water partition coefficient (Wildman–Crippen LogP) is 2.33. The Morgan fingerprint density at radius 3 is 2.78 bits per heavy atom. The molecule has 0 saturated heterocycles. The number of likely N-dealkylation sites (N-methyl/N-ethyl adjacent to an activating group) is 1. The van der Waals surface area contributed by atoms with Crippen LogP contribution in [0.3, 0.4) is 0 Å². The second kappa shape index (κ2) is 4.44. The number of para-hydroxylation sites is 1. The molecule has 1 amide bonds. The Morgan fingerprint density at radius 2 is 2.00 bits per heavy atom. The molecule has 4 heteroatoms. The van der Waals surface area contributed by atoms with Crippen molar-refractivity contribution in [2.24, 2.45) is 5.16 Å². The van der Waals surface area contributed by atoms with Crippen LogP contribution in [0.15, 0.2) is 29.4 Å². The maximum absolute atomic E-state index is 12.1. The van der Waals surface area contributed by atoms with E-state index in [1.165, 1.54) is 12.8 Å². The summed E-state index contributed by atoms with van der Waals surface area (Å²) in [5.74, 6) is -0.0887. The first kappa shape index (κ1) is 11.3. The van der Waals surface area contributed by atoms with Crippen LogP contribution in [-0.4, -0.2) is 24.8 Å². The summed E-state index contributed by atoms with van der Waals surface area (Å²) in [5, 5.41) is 4.10. The SMILES string of the molecule is CN1C(=O)/C(=N/OC2CCCC2)c2ccccc21. The Morgan fingerprint density at radius 1 is 1.28 bits per heavy atom. The number of anilines is 1. The zero-order chi connectivity index (χ0) is 12.5. The molecule has 3 rings (SSSR count). The van der Waals surface area contributed by atoms with Crippen LogP contribution < -0.4 is 4.90 Å². The molecule has 0 spiro atoms. The van der Waals surface area contributed by atoms with Crippen LogP contribution in [0.4, 0.5) is 5.69 Å². The Labute approximate surface area is 106 Å². The smallest absolute Gasteiger partial charge is 0.280 e. The zero-order valence-corrected chi connectivity index (χ0v) is 10.4. The van der Waals surface area contributed by atoms with E-state index in [-0.39, 0.29) is 12.0 Å². The summed E-state index contributed by atoms with van der Waals surface area (Å²) in [6.07, 6.45) is 4.66. The molecule has 0 bridgehead atoms. The van der Waals surface area contributed by atoms with Gasteiger partial charge in [-0.05, 0) is 31.7 Å². The molecule has 18 heavy (non-hydrogen) atoms. The largest absolute Gasteiger partial charge is 0.392 e. The van der Waals surface area contributed by atoms with Gasteiger partial charge in [-0.25, -0.2) is 0 Å². The standard InChI is InChI=1S/C14H16N2O2/c1-16-12-9-5-4-8-11(12)13(14(16)17)15-18-10-6-2-3-7-10/h4-5,8-10H,2-3,6-7H2,1H3/b15-13+. The van der Waals surface area contributed by atoms with E-state index in [1.807, 2.05) is 24.3 Å². The summed E-state index contributed by atoms with van der Waals surface area (Å²) < 4.78 is 0. The molecular weight excluding hydrogens is 228 g/mol. The summed E-state index contributed by atoms with van der Waals surface area (Å²) in [4.78, 5) is 19.2. The maximum atomic E-state index is 12.1. The van der Waals surface area contributed by atoms with Crippen LogP contribution in [0.25, 0.3) is 0 Å². The lowest BCUT2D eigenvalue weighted by Crippen LogP contribution is -2.26. The van der Waals surface area contributed by atoms with E-state index in [1.54, 1.807) is 11.9 Å². The monoisotopic (exact) mass is 244 g/mol. The fourth-order valence-electron chi connectivity index (χ4n) is 2.56. The quantitative estimate of drug-likeness (QED) is 0.749. The average Bonchev–Trinajstić information content (AvgIpc) is 2.98. The summed E-state index contributed by atoms with van der Waals surface area (Å²) >= 11 is 0. The minimum absolute atomic E-state index is 0.0887. The first-order valence-electron chi connectivity index (χ1n) is 6.38. The van der Waals surface area contributed by atoms with Gasteiger partial charge >= 0.3 is 0 Å². The highest BCUT2D eigenvalue weighted by atomic mass is 16.6. The van der Waals surface area contributed by atoms with Crippen molar-refractivity contribution in [2.75, 3.05) is 11.9 Å². The number of benzene rings is 1. The van der Waals surface area contributed by atoms with Crippen molar-refractivity contribution in [1.29, 1.82) is 0 Å².